The highest BCUT2D eigenvalue weighted by Gasteiger charge is 2.33. The van der Waals surface area contributed by atoms with Crippen LogP contribution in [0.25, 0.3) is 0 Å². The average Bonchev–Trinajstić information content (AvgIpc) is 2.11. The summed E-state index contributed by atoms with van der Waals surface area (Å²) in [6.07, 6.45) is 5.51. The molecule has 0 radical (unpaired) electrons. The minimum atomic E-state index is 0.273. The molecule has 1 aliphatic carbocycles. The number of aliphatic hydroxyl groups is 1. The molecule has 0 unspecified atom stereocenters. The van der Waals surface area contributed by atoms with Crippen molar-refractivity contribution in [2.75, 3.05) is 20.3 Å². The van der Waals surface area contributed by atoms with Crippen molar-refractivity contribution >= 4 is 0 Å². The van der Waals surface area contributed by atoms with Crippen molar-refractivity contribution in [2.24, 2.45) is 11.3 Å². The van der Waals surface area contributed by atoms with Crippen molar-refractivity contribution in [1.82, 2.24) is 0 Å². The maximum absolute atomic E-state index is 9.07. The standard InChI is InChI=1S/C12H22O2/c1-12(2)7-4-5-10(9-14-3)11(12)6-8-13/h5,11,13H,4,6-9H2,1-3H3/t11-/m1/s1. The summed E-state index contributed by atoms with van der Waals surface area (Å²) in [5, 5.41) is 9.07. The lowest BCUT2D eigenvalue weighted by atomic mass is 9.67. The Labute approximate surface area is 87.0 Å². The molecule has 0 bridgehead atoms. The van der Waals surface area contributed by atoms with Crippen LogP contribution in [0.2, 0.25) is 0 Å². The molecule has 0 aromatic rings. The van der Waals surface area contributed by atoms with Gasteiger partial charge in [-0.2, -0.15) is 0 Å². The zero-order valence-electron chi connectivity index (χ0n) is 9.55. The Balaban J connectivity index is 2.75. The molecule has 0 amide bonds. The summed E-state index contributed by atoms with van der Waals surface area (Å²) in [5.74, 6) is 0.487. The van der Waals surface area contributed by atoms with Gasteiger partial charge < -0.3 is 9.84 Å². The molecule has 0 saturated carbocycles. The molecule has 1 rings (SSSR count). The minimum Gasteiger partial charge on any atom is -0.396 e. The molecular formula is C12H22O2. The van der Waals surface area contributed by atoms with Crippen LogP contribution in [0.5, 0.6) is 0 Å². The normalized spacial score (nSPS) is 26.0. The van der Waals surface area contributed by atoms with E-state index in [0.717, 1.165) is 12.8 Å². The van der Waals surface area contributed by atoms with Crippen molar-refractivity contribution in [3.8, 4) is 0 Å². The van der Waals surface area contributed by atoms with Gasteiger partial charge in [-0.25, -0.2) is 0 Å². The fraction of sp³-hybridized carbons (Fsp3) is 0.833. The van der Waals surface area contributed by atoms with Crippen LogP contribution in [0.1, 0.15) is 33.1 Å². The third-order valence-corrected chi connectivity index (χ3v) is 3.31. The molecule has 0 spiro atoms. The van der Waals surface area contributed by atoms with E-state index in [1.165, 1.54) is 12.0 Å². The molecule has 0 aromatic carbocycles. The zero-order valence-corrected chi connectivity index (χ0v) is 9.55. The van der Waals surface area contributed by atoms with E-state index < -0.39 is 0 Å². The van der Waals surface area contributed by atoms with Crippen molar-refractivity contribution < 1.29 is 9.84 Å². The van der Waals surface area contributed by atoms with Gasteiger partial charge in [0.15, 0.2) is 0 Å². The van der Waals surface area contributed by atoms with E-state index in [4.69, 9.17) is 9.84 Å². The molecule has 1 aliphatic rings. The van der Waals surface area contributed by atoms with E-state index in [1.807, 2.05) is 0 Å². The van der Waals surface area contributed by atoms with Gasteiger partial charge >= 0.3 is 0 Å². The van der Waals surface area contributed by atoms with Gasteiger partial charge in [0.25, 0.3) is 0 Å². The fourth-order valence-corrected chi connectivity index (χ4v) is 2.48. The summed E-state index contributed by atoms with van der Waals surface area (Å²) in [6.45, 7) is 5.56. The van der Waals surface area contributed by atoms with E-state index in [0.29, 0.717) is 17.9 Å². The number of rotatable bonds is 4. The Hall–Kier alpha value is -0.340. The molecule has 1 N–H and O–H groups in total. The van der Waals surface area contributed by atoms with Crippen LogP contribution in [-0.4, -0.2) is 25.4 Å². The second kappa shape index (κ2) is 4.94. The van der Waals surface area contributed by atoms with Crippen LogP contribution in [0.4, 0.5) is 0 Å². The molecule has 0 aliphatic heterocycles. The van der Waals surface area contributed by atoms with E-state index in [-0.39, 0.29) is 6.61 Å². The molecule has 2 nitrogen and oxygen atoms in total. The van der Waals surface area contributed by atoms with E-state index in [2.05, 4.69) is 19.9 Å². The van der Waals surface area contributed by atoms with Crippen molar-refractivity contribution in [1.29, 1.82) is 0 Å². The number of allylic oxidation sites excluding steroid dienone is 1. The molecule has 0 heterocycles. The third-order valence-electron chi connectivity index (χ3n) is 3.31. The lowest BCUT2D eigenvalue weighted by Crippen LogP contribution is -2.31. The Morgan fingerprint density at radius 1 is 1.57 bits per heavy atom. The Morgan fingerprint density at radius 2 is 2.29 bits per heavy atom. The fourth-order valence-electron chi connectivity index (χ4n) is 2.48. The first-order valence-corrected chi connectivity index (χ1v) is 5.40. The first-order valence-electron chi connectivity index (χ1n) is 5.40. The van der Waals surface area contributed by atoms with Gasteiger partial charge in [-0.15, -0.1) is 0 Å². The first-order chi connectivity index (χ1) is 6.61. The van der Waals surface area contributed by atoms with Crippen LogP contribution >= 0.6 is 0 Å². The number of aliphatic hydroxyl groups excluding tert-OH is 1. The highest BCUT2D eigenvalue weighted by Crippen LogP contribution is 2.42. The number of hydrogen-bond acceptors (Lipinski definition) is 2. The largest absolute Gasteiger partial charge is 0.396 e. The molecule has 0 aromatic heterocycles. The van der Waals surface area contributed by atoms with Crippen LogP contribution < -0.4 is 0 Å². The van der Waals surface area contributed by atoms with Gasteiger partial charge in [-0.3, -0.25) is 0 Å². The lowest BCUT2D eigenvalue weighted by molar-refractivity contribution is 0.136. The molecule has 0 fully saturated rings. The van der Waals surface area contributed by atoms with Crippen LogP contribution in [0.15, 0.2) is 11.6 Å². The SMILES string of the molecule is COCC1=CCCC(C)(C)[C@@H]1CCO. The monoisotopic (exact) mass is 198 g/mol. The summed E-state index contributed by atoms with van der Waals surface area (Å²) in [7, 11) is 1.73. The van der Waals surface area contributed by atoms with Crippen molar-refractivity contribution in [3.05, 3.63) is 11.6 Å². The van der Waals surface area contributed by atoms with Crippen molar-refractivity contribution in [3.63, 3.8) is 0 Å². The lowest BCUT2D eigenvalue weighted by Gasteiger charge is -2.39. The Kier molecular flexibility index (Phi) is 4.14. The molecule has 2 heteroatoms. The maximum atomic E-state index is 9.07. The van der Waals surface area contributed by atoms with Crippen LogP contribution in [0, 0.1) is 11.3 Å². The molecule has 14 heavy (non-hydrogen) atoms. The predicted molar refractivity (Wildman–Crippen MR) is 58.2 cm³/mol. The zero-order chi connectivity index (χ0) is 10.6. The average molecular weight is 198 g/mol. The molecule has 82 valence electrons. The van der Waals surface area contributed by atoms with E-state index in [1.54, 1.807) is 7.11 Å². The summed E-state index contributed by atoms with van der Waals surface area (Å²) in [4.78, 5) is 0. The molecule has 1 atom stereocenters. The second-order valence-electron chi connectivity index (χ2n) is 4.80. The maximum Gasteiger partial charge on any atom is 0.0675 e. The summed E-state index contributed by atoms with van der Waals surface area (Å²) >= 11 is 0. The molecular weight excluding hydrogens is 176 g/mol. The van der Waals surface area contributed by atoms with E-state index >= 15 is 0 Å². The van der Waals surface area contributed by atoms with Crippen molar-refractivity contribution in [2.45, 2.75) is 33.1 Å². The summed E-state index contributed by atoms with van der Waals surface area (Å²) < 4.78 is 5.20. The minimum absolute atomic E-state index is 0.273. The van der Waals surface area contributed by atoms with Gasteiger partial charge in [0.1, 0.15) is 0 Å². The quantitative estimate of drug-likeness (QED) is 0.703. The third kappa shape index (κ3) is 2.58. The van der Waals surface area contributed by atoms with Gasteiger partial charge in [0.2, 0.25) is 0 Å². The van der Waals surface area contributed by atoms with Gasteiger partial charge in [-0.1, -0.05) is 19.9 Å². The number of ether oxygens (including phenoxy) is 1. The first kappa shape index (κ1) is 11.7. The van der Waals surface area contributed by atoms with E-state index in [9.17, 15) is 0 Å². The van der Waals surface area contributed by atoms with Gasteiger partial charge in [-0.05, 0) is 36.2 Å². The molecule has 0 saturated heterocycles. The summed E-state index contributed by atoms with van der Waals surface area (Å²) in [6, 6.07) is 0. The highest BCUT2D eigenvalue weighted by atomic mass is 16.5. The van der Waals surface area contributed by atoms with Gasteiger partial charge in [0, 0.05) is 13.7 Å². The summed E-state index contributed by atoms with van der Waals surface area (Å²) in [5.41, 5.74) is 1.68. The Bertz CT molecular complexity index is 206. The number of methoxy groups -OCH3 is 1. The van der Waals surface area contributed by atoms with Crippen LogP contribution in [-0.2, 0) is 4.74 Å². The smallest absolute Gasteiger partial charge is 0.0675 e. The van der Waals surface area contributed by atoms with Gasteiger partial charge in [0.05, 0.1) is 6.61 Å². The van der Waals surface area contributed by atoms with Crippen LogP contribution in [0.3, 0.4) is 0 Å². The Morgan fingerprint density at radius 3 is 2.86 bits per heavy atom. The highest BCUT2D eigenvalue weighted by molar-refractivity contribution is 5.15. The number of hydrogen-bond donors (Lipinski definition) is 1. The second-order valence-corrected chi connectivity index (χ2v) is 4.80. The topological polar surface area (TPSA) is 29.5 Å². The predicted octanol–water partition coefficient (Wildman–Crippen LogP) is 2.38.